The number of carbonyl (C=O) groups is 2. The zero-order valence-corrected chi connectivity index (χ0v) is 17.7. The zero-order chi connectivity index (χ0) is 21.3. The number of rotatable bonds is 4. The molecule has 1 aromatic heterocycles. The van der Waals surface area contributed by atoms with E-state index in [4.69, 9.17) is 20.8 Å². The number of esters is 1. The number of fused-ring (bicyclic) bond motifs is 1. The van der Waals surface area contributed by atoms with Crippen LogP contribution in [0.25, 0.3) is 11.0 Å². The van der Waals surface area contributed by atoms with Crippen molar-refractivity contribution in [2.24, 2.45) is 0 Å². The van der Waals surface area contributed by atoms with Gasteiger partial charge in [-0.25, -0.2) is 4.79 Å². The predicted molar refractivity (Wildman–Crippen MR) is 115 cm³/mol. The molecule has 0 N–H and O–H groups in total. The van der Waals surface area contributed by atoms with Gasteiger partial charge in [-0.15, -0.1) is 0 Å². The van der Waals surface area contributed by atoms with Gasteiger partial charge in [0.05, 0.1) is 7.11 Å². The van der Waals surface area contributed by atoms with Gasteiger partial charge in [-0.05, 0) is 24.6 Å². The van der Waals surface area contributed by atoms with Crippen molar-refractivity contribution in [1.29, 1.82) is 0 Å². The first-order valence-corrected chi connectivity index (χ1v) is 10.2. The molecule has 1 saturated heterocycles. The van der Waals surface area contributed by atoms with Gasteiger partial charge in [-0.3, -0.25) is 9.69 Å². The third-order valence-corrected chi connectivity index (χ3v) is 5.97. The van der Waals surface area contributed by atoms with Crippen LogP contribution in [0.3, 0.4) is 0 Å². The summed E-state index contributed by atoms with van der Waals surface area (Å²) >= 11 is 6.34. The number of amides is 1. The van der Waals surface area contributed by atoms with Gasteiger partial charge in [0.1, 0.15) is 11.6 Å². The van der Waals surface area contributed by atoms with Crippen LogP contribution >= 0.6 is 11.6 Å². The molecular weight excluding hydrogens is 404 g/mol. The van der Waals surface area contributed by atoms with E-state index in [1.54, 1.807) is 11.0 Å². The van der Waals surface area contributed by atoms with Gasteiger partial charge >= 0.3 is 5.97 Å². The summed E-state index contributed by atoms with van der Waals surface area (Å²) in [4.78, 5) is 29.4. The van der Waals surface area contributed by atoms with Crippen molar-refractivity contribution in [3.63, 3.8) is 0 Å². The van der Waals surface area contributed by atoms with Crippen LogP contribution in [0.5, 0.6) is 0 Å². The molecule has 156 valence electrons. The number of methoxy groups -OCH3 is 1. The number of hydrogen-bond acceptors (Lipinski definition) is 5. The number of benzene rings is 2. The number of hydrogen-bond donors (Lipinski definition) is 0. The maximum Gasteiger partial charge on any atom is 0.327 e. The van der Waals surface area contributed by atoms with Crippen molar-refractivity contribution in [1.82, 2.24) is 9.80 Å². The Morgan fingerprint density at radius 3 is 2.37 bits per heavy atom. The largest absolute Gasteiger partial charge is 0.468 e. The number of halogens is 1. The Kier molecular flexibility index (Phi) is 5.79. The second-order valence-corrected chi connectivity index (χ2v) is 7.73. The van der Waals surface area contributed by atoms with Gasteiger partial charge in [0, 0.05) is 42.2 Å². The molecule has 2 heterocycles. The summed E-state index contributed by atoms with van der Waals surface area (Å²) in [5.41, 5.74) is 2.27. The van der Waals surface area contributed by atoms with E-state index < -0.39 is 6.04 Å². The molecule has 1 amide bonds. The summed E-state index contributed by atoms with van der Waals surface area (Å²) in [5.74, 6) is -0.119. The van der Waals surface area contributed by atoms with Crippen LogP contribution in [-0.2, 0) is 9.53 Å². The van der Waals surface area contributed by atoms with Crippen LogP contribution < -0.4 is 0 Å². The van der Waals surface area contributed by atoms with Gasteiger partial charge in [0.15, 0.2) is 5.76 Å². The molecule has 7 heteroatoms. The van der Waals surface area contributed by atoms with Gasteiger partial charge in [-0.2, -0.15) is 0 Å². The number of ether oxygens (including phenoxy) is 1. The summed E-state index contributed by atoms with van der Waals surface area (Å²) in [6.07, 6.45) is 0. The molecule has 6 nitrogen and oxygen atoms in total. The Bertz CT molecular complexity index is 1090. The van der Waals surface area contributed by atoms with Gasteiger partial charge in [0.25, 0.3) is 5.91 Å². The first-order valence-electron chi connectivity index (χ1n) is 9.85. The zero-order valence-electron chi connectivity index (χ0n) is 16.9. The highest BCUT2D eigenvalue weighted by Gasteiger charge is 2.34. The molecule has 1 aliphatic heterocycles. The predicted octanol–water partition coefficient (Wildman–Crippen LogP) is 4.07. The standard InChI is InChI=1S/C23H23ClN2O4/c1-15-16-7-4-6-10-19(16)30-21(15)22(27)26-13-11-25(12-14-26)20(23(28)29-2)17-8-3-5-9-18(17)24/h3-10,20H,11-14H2,1-2H3. The molecule has 0 saturated carbocycles. The first kappa shape index (κ1) is 20.4. The number of furan rings is 1. The number of nitrogens with zero attached hydrogens (tertiary/aromatic N) is 2. The van der Waals surface area contributed by atoms with Gasteiger partial charge in [0.2, 0.25) is 0 Å². The minimum Gasteiger partial charge on any atom is -0.468 e. The summed E-state index contributed by atoms with van der Waals surface area (Å²) < 4.78 is 10.9. The van der Waals surface area contributed by atoms with Crippen molar-refractivity contribution in [2.45, 2.75) is 13.0 Å². The minimum absolute atomic E-state index is 0.129. The summed E-state index contributed by atoms with van der Waals surface area (Å²) in [6.45, 7) is 3.91. The quantitative estimate of drug-likeness (QED) is 0.588. The minimum atomic E-state index is -0.603. The van der Waals surface area contributed by atoms with Gasteiger partial charge in [-0.1, -0.05) is 48.0 Å². The van der Waals surface area contributed by atoms with Gasteiger partial charge < -0.3 is 14.1 Å². The van der Waals surface area contributed by atoms with E-state index in [9.17, 15) is 9.59 Å². The van der Waals surface area contributed by atoms with Crippen molar-refractivity contribution < 1.29 is 18.7 Å². The second kappa shape index (κ2) is 8.50. The van der Waals surface area contributed by atoms with E-state index in [-0.39, 0.29) is 11.9 Å². The average Bonchev–Trinajstić information content (AvgIpc) is 3.12. The molecule has 1 atom stereocenters. The van der Waals surface area contributed by atoms with Crippen LogP contribution in [0.2, 0.25) is 5.02 Å². The Morgan fingerprint density at radius 1 is 1.03 bits per heavy atom. The lowest BCUT2D eigenvalue weighted by atomic mass is 10.0. The maximum absolute atomic E-state index is 13.1. The van der Waals surface area contributed by atoms with Crippen molar-refractivity contribution in [3.8, 4) is 0 Å². The lowest BCUT2D eigenvalue weighted by Gasteiger charge is -2.38. The molecule has 0 radical (unpaired) electrons. The molecule has 30 heavy (non-hydrogen) atoms. The highest BCUT2D eigenvalue weighted by atomic mass is 35.5. The Hall–Kier alpha value is -2.83. The highest BCUT2D eigenvalue weighted by molar-refractivity contribution is 6.31. The molecule has 0 aliphatic carbocycles. The second-order valence-electron chi connectivity index (χ2n) is 7.33. The highest BCUT2D eigenvalue weighted by Crippen LogP contribution is 2.30. The van der Waals surface area contributed by atoms with E-state index in [0.717, 1.165) is 10.9 Å². The maximum atomic E-state index is 13.1. The Labute approximate surface area is 180 Å². The lowest BCUT2D eigenvalue weighted by Crippen LogP contribution is -2.51. The molecule has 1 unspecified atom stereocenters. The fraction of sp³-hybridized carbons (Fsp3) is 0.304. The Balaban J connectivity index is 1.52. The fourth-order valence-electron chi connectivity index (χ4n) is 3.99. The van der Waals surface area contributed by atoms with E-state index in [1.165, 1.54) is 7.11 Å². The first-order chi connectivity index (χ1) is 14.5. The van der Waals surface area contributed by atoms with Crippen molar-refractivity contribution >= 4 is 34.4 Å². The van der Waals surface area contributed by atoms with Crippen LogP contribution in [0.15, 0.2) is 52.9 Å². The van der Waals surface area contributed by atoms with Crippen LogP contribution in [0.1, 0.15) is 27.7 Å². The lowest BCUT2D eigenvalue weighted by molar-refractivity contribution is -0.148. The van der Waals surface area contributed by atoms with E-state index in [0.29, 0.717) is 48.1 Å². The number of para-hydroxylation sites is 1. The number of piperazine rings is 1. The number of aryl methyl sites for hydroxylation is 1. The van der Waals surface area contributed by atoms with Crippen LogP contribution in [0.4, 0.5) is 0 Å². The van der Waals surface area contributed by atoms with E-state index in [1.807, 2.05) is 54.3 Å². The Morgan fingerprint density at radius 2 is 1.70 bits per heavy atom. The average molecular weight is 427 g/mol. The smallest absolute Gasteiger partial charge is 0.327 e. The van der Waals surface area contributed by atoms with Crippen molar-refractivity contribution in [2.75, 3.05) is 33.3 Å². The third kappa shape index (κ3) is 3.68. The molecule has 0 spiro atoms. The molecule has 2 aromatic carbocycles. The molecule has 4 rings (SSSR count). The molecule has 1 fully saturated rings. The molecule has 3 aromatic rings. The number of carbonyl (C=O) groups excluding carboxylic acids is 2. The molecular formula is C23H23ClN2O4. The van der Waals surface area contributed by atoms with Crippen molar-refractivity contribution in [3.05, 3.63) is 70.4 Å². The molecule has 0 bridgehead atoms. The normalized spacial score (nSPS) is 15.9. The van der Waals surface area contributed by atoms with Crippen LogP contribution in [-0.4, -0.2) is 55.0 Å². The molecule has 1 aliphatic rings. The van der Waals surface area contributed by atoms with E-state index >= 15 is 0 Å². The van der Waals surface area contributed by atoms with Crippen LogP contribution in [0, 0.1) is 6.92 Å². The third-order valence-electron chi connectivity index (χ3n) is 5.63. The summed E-state index contributed by atoms with van der Waals surface area (Å²) in [5, 5.41) is 1.47. The summed E-state index contributed by atoms with van der Waals surface area (Å²) in [6, 6.07) is 14.3. The SMILES string of the molecule is COC(=O)C(c1ccccc1Cl)N1CCN(C(=O)c2oc3ccccc3c2C)CC1. The monoisotopic (exact) mass is 426 g/mol. The fourth-order valence-corrected chi connectivity index (χ4v) is 4.23. The summed E-state index contributed by atoms with van der Waals surface area (Å²) in [7, 11) is 1.37. The van der Waals surface area contributed by atoms with E-state index in [2.05, 4.69) is 0 Å². The topological polar surface area (TPSA) is 63.0 Å².